The highest BCUT2D eigenvalue weighted by Crippen LogP contribution is 2.23. The topological polar surface area (TPSA) is 72.2 Å². The first-order valence-corrected chi connectivity index (χ1v) is 8.31. The van der Waals surface area contributed by atoms with Gasteiger partial charge in [0.25, 0.3) is 10.0 Å². The van der Waals surface area contributed by atoms with E-state index in [-0.39, 0.29) is 4.90 Å². The molecule has 3 aromatic carbocycles. The molecular weight excluding hydrogens is 296 g/mol. The van der Waals surface area contributed by atoms with Gasteiger partial charge in [-0.2, -0.15) is 0 Å². The van der Waals surface area contributed by atoms with Gasteiger partial charge in [-0.15, -0.1) is 0 Å². The molecule has 0 radical (unpaired) electrons. The molecule has 4 nitrogen and oxygen atoms in total. The lowest BCUT2D eigenvalue weighted by molar-refractivity contribution is 0.601. The maximum Gasteiger partial charge on any atom is 0.261 e. The molecule has 0 aromatic heterocycles. The second-order valence-corrected chi connectivity index (χ2v) is 6.93. The van der Waals surface area contributed by atoms with Crippen LogP contribution in [0.15, 0.2) is 65.6 Å². The predicted molar refractivity (Wildman–Crippen MR) is 90.3 cm³/mol. The maximum atomic E-state index is 12.5. The van der Waals surface area contributed by atoms with E-state index in [1.807, 2.05) is 31.2 Å². The molecule has 3 aromatic rings. The summed E-state index contributed by atoms with van der Waals surface area (Å²) in [6, 6.07) is 17.6. The molecule has 0 saturated heterocycles. The number of hydrogen-bond acceptors (Lipinski definition) is 3. The molecule has 3 rings (SSSR count). The second kappa shape index (κ2) is 5.35. The van der Waals surface area contributed by atoms with Gasteiger partial charge in [-0.3, -0.25) is 4.72 Å². The number of aryl methyl sites for hydroxylation is 1. The summed E-state index contributed by atoms with van der Waals surface area (Å²) in [6.07, 6.45) is 0. The standard InChI is InChI=1S/C17H16N2O2S/c1-12-3-2-4-16(9-12)19-22(20,21)17-8-6-13-10-15(18)7-5-14(13)11-17/h2-11,19H,18H2,1H3. The lowest BCUT2D eigenvalue weighted by Gasteiger charge is -2.09. The van der Waals surface area contributed by atoms with Crippen LogP contribution in [-0.2, 0) is 10.0 Å². The molecule has 0 atom stereocenters. The third kappa shape index (κ3) is 2.89. The van der Waals surface area contributed by atoms with Crippen molar-refractivity contribution >= 4 is 32.2 Å². The first-order valence-electron chi connectivity index (χ1n) is 6.83. The van der Waals surface area contributed by atoms with E-state index in [9.17, 15) is 8.42 Å². The fourth-order valence-electron chi connectivity index (χ4n) is 2.33. The number of nitrogen functional groups attached to an aromatic ring is 1. The van der Waals surface area contributed by atoms with E-state index in [0.29, 0.717) is 11.4 Å². The lowest BCUT2D eigenvalue weighted by Crippen LogP contribution is -2.12. The Labute approximate surface area is 129 Å². The Morgan fingerprint density at radius 3 is 2.41 bits per heavy atom. The molecule has 0 fully saturated rings. The van der Waals surface area contributed by atoms with Gasteiger partial charge in [0.2, 0.25) is 0 Å². The summed E-state index contributed by atoms with van der Waals surface area (Å²) >= 11 is 0. The summed E-state index contributed by atoms with van der Waals surface area (Å²) in [7, 11) is -3.61. The van der Waals surface area contributed by atoms with Crippen molar-refractivity contribution in [1.82, 2.24) is 0 Å². The summed E-state index contributed by atoms with van der Waals surface area (Å²) in [6.45, 7) is 1.91. The molecule has 112 valence electrons. The van der Waals surface area contributed by atoms with Gasteiger partial charge in [-0.05, 0) is 59.7 Å². The normalized spacial score (nSPS) is 11.5. The quantitative estimate of drug-likeness (QED) is 0.727. The van der Waals surface area contributed by atoms with E-state index in [1.165, 1.54) is 0 Å². The van der Waals surface area contributed by atoms with Crippen LogP contribution in [0.2, 0.25) is 0 Å². The van der Waals surface area contributed by atoms with Crippen LogP contribution in [0.25, 0.3) is 10.8 Å². The Hall–Kier alpha value is -2.53. The fourth-order valence-corrected chi connectivity index (χ4v) is 3.42. The average Bonchev–Trinajstić information content (AvgIpc) is 2.46. The molecule has 22 heavy (non-hydrogen) atoms. The van der Waals surface area contributed by atoms with E-state index in [4.69, 9.17) is 5.73 Å². The van der Waals surface area contributed by atoms with Gasteiger partial charge in [0, 0.05) is 11.4 Å². The summed E-state index contributed by atoms with van der Waals surface area (Å²) < 4.78 is 27.6. The minimum Gasteiger partial charge on any atom is -0.399 e. The number of nitrogens with one attached hydrogen (secondary N) is 1. The van der Waals surface area contributed by atoms with Gasteiger partial charge >= 0.3 is 0 Å². The first kappa shape index (κ1) is 14.4. The predicted octanol–water partition coefficient (Wildman–Crippen LogP) is 3.53. The third-order valence-corrected chi connectivity index (χ3v) is 4.80. The van der Waals surface area contributed by atoms with Gasteiger partial charge in [0.1, 0.15) is 0 Å². The van der Waals surface area contributed by atoms with Crippen molar-refractivity contribution in [2.45, 2.75) is 11.8 Å². The molecule has 0 heterocycles. The van der Waals surface area contributed by atoms with Crippen molar-refractivity contribution in [2.75, 3.05) is 10.5 Å². The maximum absolute atomic E-state index is 12.5. The summed E-state index contributed by atoms with van der Waals surface area (Å²) in [5.41, 5.74) is 7.93. The van der Waals surface area contributed by atoms with Crippen LogP contribution in [0.3, 0.4) is 0 Å². The number of benzene rings is 3. The number of fused-ring (bicyclic) bond motifs is 1. The van der Waals surface area contributed by atoms with Crippen LogP contribution >= 0.6 is 0 Å². The SMILES string of the molecule is Cc1cccc(NS(=O)(=O)c2ccc3cc(N)ccc3c2)c1. The fraction of sp³-hybridized carbons (Fsp3) is 0.0588. The minimum atomic E-state index is -3.61. The van der Waals surface area contributed by atoms with Gasteiger partial charge in [0.15, 0.2) is 0 Å². The van der Waals surface area contributed by atoms with Crippen molar-refractivity contribution in [3.8, 4) is 0 Å². The van der Waals surface area contributed by atoms with Crippen LogP contribution in [0, 0.1) is 6.92 Å². The summed E-state index contributed by atoms with van der Waals surface area (Å²) in [4.78, 5) is 0.228. The van der Waals surface area contributed by atoms with E-state index < -0.39 is 10.0 Å². The molecule has 0 aliphatic carbocycles. The van der Waals surface area contributed by atoms with E-state index in [1.54, 1.807) is 36.4 Å². The molecule has 0 unspecified atom stereocenters. The van der Waals surface area contributed by atoms with Crippen LogP contribution in [-0.4, -0.2) is 8.42 Å². The molecule has 0 amide bonds. The molecule has 0 aliphatic heterocycles. The molecule has 0 aliphatic rings. The molecule has 0 spiro atoms. The number of hydrogen-bond donors (Lipinski definition) is 2. The highest BCUT2D eigenvalue weighted by Gasteiger charge is 2.14. The lowest BCUT2D eigenvalue weighted by atomic mass is 10.1. The molecular formula is C17H16N2O2S. The second-order valence-electron chi connectivity index (χ2n) is 5.24. The Balaban J connectivity index is 2.00. The van der Waals surface area contributed by atoms with Crippen molar-refractivity contribution in [2.24, 2.45) is 0 Å². The smallest absolute Gasteiger partial charge is 0.261 e. The van der Waals surface area contributed by atoms with Crippen LogP contribution < -0.4 is 10.5 Å². The van der Waals surface area contributed by atoms with Gasteiger partial charge in [0.05, 0.1) is 4.90 Å². The number of nitrogens with two attached hydrogens (primary N) is 1. The first-order chi connectivity index (χ1) is 10.4. The Morgan fingerprint density at radius 2 is 1.64 bits per heavy atom. The molecule has 0 saturated carbocycles. The highest BCUT2D eigenvalue weighted by molar-refractivity contribution is 7.92. The van der Waals surface area contributed by atoms with Crippen molar-refractivity contribution in [3.05, 3.63) is 66.2 Å². The minimum absolute atomic E-state index is 0.228. The van der Waals surface area contributed by atoms with E-state index in [2.05, 4.69) is 4.72 Å². The number of sulfonamides is 1. The Kier molecular flexibility index (Phi) is 3.50. The van der Waals surface area contributed by atoms with Crippen LogP contribution in [0.5, 0.6) is 0 Å². The number of rotatable bonds is 3. The third-order valence-electron chi connectivity index (χ3n) is 3.42. The Bertz CT molecular complexity index is 950. The van der Waals surface area contributed by atoms with E-state index >= 15 is 0 Å². The largest absolute Gasteiger partial charge is 0.399 e. The zero-order valence-electron chi connectivity index (χ0n) is 12.1. The molecule has 3 N–H and O–H groups in total. The van der Waals surface area contributed by atoms with Crippen molar-refractivity contribution < 1.29 is 8.42 Å². The van der Waals surface area contributed by atoms with E-state index in [0.717, 1.165) is 16.3 Å². The van der Waals surface area contributed by atoms with Crippen LogP contribution in [0.4, 0.5) is 11.4 Å². The van der Waals surface area contributed by atoms with Crippen LogP contribution in [0.1, 0.15) is 5.56 Å². The molecule has 5 heteroatoms. The summed E-state index contributed by atoms with van der Waals surface area (Å²) in [5, 5.41) is 1.75. The van der Waals surface area contributed by atoms with Crippen molar-refractivity contribution in [3.63, 3.8) is 0 Å². The zero-order chi connectivity index (χ0) is 15.7. The average molecular weight is 312 g/mol. The highest BCUT2D eigenvalue weighted by atomic mass is 32.2. The van der Waals surface area contributed by atoms with Gasteiger partial charge < -0.3 is 5.73 Å². The summed E-state index contributed by atoms with van der Waals surface area (Å²) in [5.74, 6) is 0. The monoisotopic (exact) mass is 312 g/mol. The molecule has 0 bridgehead atoms. The number of anilines is 2. The van der Waals surface area contributed by atoms with Crippen molar-refractivity contribution in [1.29, 1.82) is 0 Å². The van der Waals surface area contributed by atoms with Gasteiger partial charge in [-0.1, -0.05) is 24.3 Å². The van der Waals surface area contributed by atoms with Gasteiger partial charge in [-0.25, -0.2) is 8.42 Å². The zero-order valence-corrected chi connectivity index (χ0v) is 12.9. The Morgan fingerprint density at radius 1 is 0.909 bits per heavy atom.